The Hall–Kier alpha value is -1.85. The van der Waals surface area contributed by atoms with Crippen LogP contribution in [0.25, 0.3) is 0 Å². The van der Waals surface area contributed by atoms with Crippen molar-refractivity contribution >= 4 is 18.3 Å². The van der Waals surface area contributed by atoms with Gasteiger partial charge < -0.3 is 15.2 Å². The highest BCUT2D eigenvalue weighted by atomic mass is 16.5. The summed E-state index contributed by atoms with van der Waals surface area (Å²) in [5, 5.41) is 10.8. The number of allylic oxidation sites excluding steroid dienone is 1. The monoisotopic (exact) mass is 229 g/mol. The van der Waals surface area contributed by atoms with E-state index in [1.165, 1.54) is 12.2 Å². The number of amides is 1. The molecule has 0 aliphatic heterocycles. The van der Waals surface area contributed by atoms with Gasteiger partial charge in [-0.25, -0.2) is 9.59 Å². The largest absolute Gasteiger partial charge is 0.480 e. The van der Waals surface area contributed by atoms with Gasteiger partial charge in [-0.2, -0.15) is 0 Å². The summed E-state index contributed by atoms with van der Waals surface area (Å²) in [4.78, 5) is 31.5. The van der Waals surface area contributed by atoms with Crippen molar-refractivity contribution in [3.05, 3.63) is 12.2 Å². The molecule has 0 aliphatic rings. The summed E-state index contributed by atoms with van der Waals surface area (Å²) in [5.74, 6) is -1.56. The molecular weight excluding hydrogens is 214 g/mol. The smallest absolute Gasteiger partial charge is 0.330 e. The molecule has 6 heteroatoms. The topological polar surface area (TPSA) is 92.7 Å². The minimum absolute atomic E-state index is 0.226. The van der Waals surface area contributed by atoms with Crippen molar-refractivity contribution < 1.29 is 24.2 Å². The molecule has 0 heterocycles. The van der Waals surface area contributed by atoms with Crippen molar-refractivity contribution in [1.82, 2.24) is 5.32 Å². The van der Waals surface area contributed by atoms with Gasteiger partial charge in [-0.3, -0.25) is 4.79 Å². The molecule has 0 rings (SSSR count). The normalized spacial score (nSPS) is 12.1. The summed E-state index contributed by atoms with van der Waals surface area (Å²) >= 11 is 0. The Morgan fingerprint density at radius 3 is 2.69 bits per heavy atom. The molecule has 0 saturated carbocycles. The van der Waals surface area contributed by atoms with Crippen LogP contribution in [0.15, 0.2) is 12.2 Å². The molecule has 0 saturated heterocycles. The van der Waals surface area contributed by atoms with E-state index in [0.29, 0.717) is 19.4 Å². The number of carboxylic acid groups (broad SMARTS) is 1. The average Bonchev–Trinajstić information content (AvgIpc) is 2.22. The van der Waals surface area contributed by atoms with Crippen LogP contribution in [0.5, 0.6) is 0 Å². The lowest BCUT2D eigenvalue weighted by Crippen LogP contribution is -2.35. The SMILES string of the molecule is CCOC(=O)/C=C/CCC(NC=O)C(=O)O. The van der Waals surface area contributed by atoms with E-state index in [9.17, 15) is 14.4 Å². The molecule has 2 N–H and O–H groups in total. The molecule has 0 aromatic rings. The maximum atomic E-state index is 10.9. The fourth-order valence-electron chi connectivity index (χ4n) is 0.993. The zero-order valence-electron chi connectivity index (χ0n) is 9.01. The average molecular weight is 229 g/mol. The molecule has 0 aromatic carbocycles. The quantitative estimate of drug-likeness (QED) is 0.349. The van der Waals surface area contributed by atoms with Crippen molar-refractivity contribution in [3.63, 3.8) is 0 Å². The first-order valence-electron chi connectivity index (χ1n) is 4.87. The number of esters is 1. The van der Waals surface area contributed by atoms with E-state index >= 15 is 0 Å². The molecule has 0 aromatic heterocycles. The van der Waals surface area contributed by atoms with Gasteiger partial charge in [0.25, 0.3) is 0 Å². The number of aliphatic carboxylic acids is 1. The highest BCUT2D eigenvalue weighted by Crippen LogP contribution is 1.98. The second-order valence-corrected chi connectivity index (χ2v) is 2.91. The van der Waals surface area contributed by atoms with Gasteiger partial charge in [-0.05, 0) is 19.8 Å². The summed E-state index contributed by atoms with van der Waals surface area (Å²) in [6.07, 6.45) is 3.69. The van der Waals surface area contributed by atoms with Gasteiger partial charge in [0.1, 0.15) is 6.04 Å². The second kappa shape index (κ2) is 8.46. The van der Waals surface area contributed by atoms with Gasteiger partial charge in [0.05, 0.1) is 6.61 Å². The number of carbonyl (C=O) groups is 3. The highest BCUT2D eigenvalue weighted by molar-refractivity contribution is 5.81. The van der Waals surface area contributed by atoms with Crippen LogP contribution in [0.4, 0.5) is 0 Å². The molecule has 0 aliphatic carbocycles. The van der Waals surface area contributed by atoms with Crippen LogP contribution < -0.4 is 5.32 Å². The van der Waals surface area contributed by atoms with Gasteiger partial charge in [0.15, 0.2) is 0 Å². The predicted molar refractivity (Wildman–Crippen MR) is 55.6 cm³/mol. The molecule has 0 fully saturated rings. The van der Waals surface area contributed by atoms with Crippen LogP contribution in [-0.4, -0.2) is 36.1 Å². The third kappa shape index (κ3) is 6.58. The van der Waals surface area contributed by atoms with Crippen molar-refractivity contribution in [2.45, 2.75) is 25.8 Å². The molecule has 0 bridgehead atoms. The van der Waals surface area contributed by atoms with Gasteiger partial charge in [0.2, 0.25) is 6.41 Å². The lowest BCUT2D eigenvalue weighted by atomic mass is 10.1. The Morgan fingerprint density at radius 1 is 1.50 bits per heavy atom. The van der Waals surface area contributed by atoms with Crippen LogP contribution in [-0.2, 0) is 19.1 Å². The van der Waals surface area contributed by atoms with E-state index in [4.69, 9.17) is 5.11 Å². The van der Waals surface area contributed by atoms with Crippen LogP contribution in [0.3, 0.4) is 0 Å². The maximum Gasteiger partial charge on any atom is 0.330 e. The maximum absolute atomic E-state index is 10.9. The minimum atomic E-state index is -1.10. The Kier molecular flexibility index (Phi) is 7.48. The van der Waals surface area contributed by atoms with Gasteiger partial charge >= 0.3 is 11.9 Å². The fourth-order valence-corrected chi connectivity index (χ4v) is 0.993. The van der Waals surface area contributed by atoms with Crippen molar-refractivity contribution in [1.29, 1.82) is 0 Å². The van der Waals surface area contributed by atoms with E-state index in [-0.39, 0.29) is 6.42 Å². The Morgan fingerprint density at radius 2 is 2.19 bits per heavy atom. The first-order chi connectivity index (χ1) is 7.61. The van der Waals surface area contributed by atoms with Crippen LogP contribution >= 0.6 is 0 Å². The van der Waals surface area contributed by atoms with Crippen molar-refractivity contribution in [3.8, 4) is 0 Å². The molecule has 1 amide bonds. The molecule has 6 nitrogen and oxygen atoms in total. The fraction of sp³-hybridized carbons (Fsp3) is 0.500. The number of nitrogens with one attached hydrogen (secondary N) is 1. The second-order valence-electron chi connectivity index (χ2n) is 2.91. The Bertz CT molecular complexity index is 274. The van der Waals surface area contributed by atoms with E-state index in [1.807, 2.05) is 0 Å². The number of hydrogen-bond donors (Lipinski definition) is 2. The zero-order valence-corrected chi connectivity index (χ0v) is 9.01. The third-order valence-electron chi connectivity index (χ3n) is 1.73. The number of rotatable bonds is 8. The van der Waals surface area contributed by atoms with E-state index in [2.05, 4.69) is 10.1 Å². The third-order valence-corrected chi connectivity index (χ3v) is 1.73. The number of ether oxygens (including phenoxy) is 1. The van der Waals surface area contributed by atoms with Crippen molar-refractivity contribution in [2.24, 2.45) is 0 Å². The molecule has 0 spiro atoms. The lowest BCUT2D eigenvalue weighted by Gasteiger charge is -2.08. The Labute approximate surface area is 93.3 Å². The van der Waals surface area contributed by atoms with E-state index in [0.717, 1.165) is 0 Å². The van der Waals surface area contributed by atoms with Crippen LogP contribution in [0.2, 0.25) is 0 Å². The van der Waals surface area contributed by atoms with E-state index in [1.54, 1.807) is 6.92 Å². The number of carbonyl (C=O) groups excluding carboxylic acids is 2. The first kappa shape index (κ1) is 14.2. The highest BCUT2D eigenvalue weighted by Gasteiger charge is 2.14. The summed E-state index contributed by atoms with van der Waals surface area (Å²) in [7, 11) is 0. The summed E-state index contributed by atoms with van der Waals surface area (Å²) < 4.78 is 4.63. The van der Waals surface area contributed by atoms with Gasteiger partial charge in [-0.15, -0.1) is 0 Å². The molecule has 1 unspecified atom stereocenters. The molecule has 16 heavy (non-hydrogen) atoms. The van der Waals surface area contributed by atoms with Crippen molar-refractivity contribution in [2.75, 3.05) is 6.61 Å². The van der Waals surface area contributed by atoms with Gasteiger partial charge in [-0.1, -0.05) is 6.08 Å². The molecular formula is C10H15NO5. The summed E-state index contributed by atoms with van der Waals surface area (Å²) in [6, 6.07) is -0.927. The van der Waals surface area contributed by atoms with Crippen LogP contribution in [0.1, 0.15) is 19.8 Å². The van der Waals surface area contributed by atoms with E-state index < -0.39 is 18.0 Å². The zero-order chi connectivity index (χ0) is 12.4. The molecule has 0 radical (unpaired) electrons. The van der Waals surface area contributed by atoms with Crippen LogP contribution in [0, 0.1) is 0 Å². The predicted octanol–water partition coefficient (Wildman–Crippen LogP) is 0.0851. The summed E-state index contributed by atoms with van der Waals surface area (Å²) in [5.41, 5.74) is 0. The molecule has 1 atom stereocenters. The lowest BCUT2D eigenvalue weighted by molar-refractivity contribution is -0.140. The first-order valence-corrected chi connectivity index (χ1v) is 4.87. The number of carboxylic acids is 1. The summed E-state index contributed by atoms with van der Waals surface area (Å²) in [6.45, 7) is 1.99. The Balaban J connectivity index is 3.89. The standard InChI is InChI=1S/C10H15NO5/c1-2-16-9(13)6-4-3-5-8(10(14)15)11-7-12/h4,6-8H,2-3,5H2,1H3,(H,11,12)(H,14,15)/b6-4+. The molecule has 90 valence electrons. The van der Waals surface area contributed by atoms with Gasteiger partial charge in [0, 0.05) is 6.08 Å². The number of hydrogen-bond acceptors (Lipinski definition) is 4. The minimum Gasteiger partial charge on any atom is -0.480 e.